The zero-order valence-corrected chi connectivity index (χ0v) is 19.0. The first-order valence-corrected chi connectivity index (χ1v) is 13.9. The van der Waals surface area contributed by atoms with Crippen molar-refractivity contribution in [3.8, 4) is 0 Å². The zero-order chi connectivity index (χ0) is 19.3. The van der Waals surface area contributed by atoms with Gasteiger partial charge >= 0.3 is 0 Å². The fourth-order valence-electron chi connectivity index (χ4n) is 13.4. The van der Waals surface area contributed by atoms with Crippen LogP contribution in [-0.2, 0) is 0 Å². The number of hydrogen-bond donors (Lipinski definition) is 0. The van der Waals surface area contributed by atoms with Gasteiger partial charge in [0.25, 0.3) is 0 Å². The molecule has 0 aromatic carbocycles. The fourth-order valence-corrected chi connectivity index (χ4v) is 13.4. The average molecular weight is 393 g/mol. The summed E-state index contributed by atoms with van der Waals surface area (Å²) in [6, 6.07) is 0. The van der Waals surface area contributed by atoms with E-state index in [1.54, 1.807) is 122 Å². The van der Waals surface area contributed by atoms with Crippen LogP contribution in [0.3, 0.4) is 0 Å². The first kappa shape index (κ1) is 18.3. The molecule has 6 fully saturated rings. The highest BCUT2D eigenvalue weighted by Crippen LogP contribution is 2.88. The van der Waals surface area contributed by atoms with Gasteiger partial charge in [-0.2, -0.15) is 0 Å². The lowest BCUT2D eigenvalue weighted by molar-refractivity contribution is -0.172. The summed E-state index contributed by atoms with van der Waals surface area (Å²) in [5.74, 6) is 0. The molecule has 5 atom stereocenters. The van der Waals surface area contributed by atoms with E-state index < -0.39 is 0 Å². The van der Waals surface area contributed by atoms with Gasteiger partial charge in [-0.05, 0) is 122 Å². The maximum atomic E-state index is 2.82. The van der Waals surface area contributed by atoms with Gasteiger partial charge in [0.2, 0.25) is 0 Å². The van der Waals surface area contributed by atoms with Gasteiger partial charge in [0.05, 0.1) is 0 Å². The summed E-state index contributed by atoms with van der Waals surface area (Å²) in [7, 11) is 0. The first-order chi connectivity index (χ1) is 14.2. The van der Waals surface area contributed by atoms with Crippen LogP contribution in [0.2, 0.25) is 0 Å². The van der Waals surface area contributed by atoms with Crippen molar-refractivity contribution in [1.82, 2.24) is 0 Å². The summed E-state index contributed by atoms with van der Waals surface area (Å²) in [4.78, 5) is 0. The largest absolute Gasteiger partial charge is 0.0879 e. The summed E-state index contributed by atoms with van der Waals surface area (Å²) in [5.41, 5.74) is 4.32. The second-order valence-electron chi connectivity index (χ2n) is 13.2. The van der Waals surface area contributed by atoms with Crippen LogP contribution in [-0.4, -0.2) is 0 Å². The van der Waals surface area contributed by atoms with E-state index in [0.717, 1.165) is 21.7 Å². The van der Waals surface area contributed by atoms with Crippen molar-refractivity contribution in [1.29, 1.82) is 0 Å². The van der Waals surface area contributed by atoms with Crippen LogP contribution in [0.15, 0.2) is 12.2 Å². The molecular formula is C29H44. The third kappa shape index (κ3) is 1.74. The van der Waals surface area contributed by atoms with Gasteiger partial charge in [-0.1, -0.05) is 57.1 Å². The van der Waals surface area contributed by atoms with Crippen LogP contribution < -0.4 is 0 Å². The molecule has 6 saturated carbocycles. The van der Waals surface area contributed by atoms with Gasteiger partial charge in [-0.15, -0.1) is 0 Å². The minimum Gasteiger partial charge on any atom is -0.0879 e. The lowest BCUT2D eigenvalue weighted by atomic mass is 9.38. The van der Waals surface area contributed by atoms with Crippen molar-refractivity contribution in [3.63, 3.8) is 0 Å². The van der Waals surface area contributed by atoms with Crippen molar-refractivity contribution in [3.05, 3.63) is 12.2 Å². The number of allylic oxidation sites excluding steroid dienone is 2. The Hall–Kier alpha value is -0.260. The molecule has 0 N–H and O–H groups in total. The number of rotatable bonds is 0. The highest BCUT2D eigenvalue weighted by atomic mass is 14.8. The summed E-state index contributed by atoms with van der Waals surface area (Å²) in [6.45, 7) is 0. The minimum atomic E-state index is 0.617. The third-order valence-corrected chi connectivity index (χ3v) is 13.6. The Morgan fingerprint density at radius 2 is 0.862 bits per heavy atom. The molecule has 0 bridgehead atoms. The van der Waals surface area contributed by atoms with Crippen LogP contribution in [0.4, 0.5) is 0 Å². The maximum Gasteiger partial charge on any atom is -0.00534 e. The van der Waals surface area contributed by atoms with E-state index >= 15 is 0 Å². The molecule has 160 valence electrons. The first-order valence-electron chi connectivity index (χ1n) is 13.9. The van der Waals surface area contributed by atoms with Crippen molar-refractivity contribution in [2.45, 2.75) is 135 Å². The Balaban J connectivity index is 1.44. The molecule has 7 aliphatic rings. The van der Waals surface area contributed by atoms with Gasteiger partial charge < -0.3 is 0 Å². The third-order valence-electron chi connectivity index (χ3n) is 13.6. The summed E-state index contributed by atoms with van der Waals surface area (Å²) in [6.07, 6.45) is 38.7. The summed E-state index contributed by atoms with van der Waals surface area (Å²) >= 11 is 0. The minimum absolute atomic E-state index is 0.617. The van der Waals surface area contributed by atoms with Crippen LogP contribution in [0.25, 0.3) is 0 Å². The topological polar surface area (TPSA) is 0 Å². The molecule has 7 rings (SSSR count). The number of fused-ring (bicyclic) bond motifs is 5. The van der Waals surface area contributed by atoms with E-state index in [9.17, 15) is 0 Å². The van der Waals surface area contributed by atoms with Crippen molar-refractivity contribution in [2.24, 2.45) is 32.5 Å². The predicted molar refractivity (Wildman–Crippen MR) is 121 cm³/mol. The van der Waals surface area contributed by atoms with Crippen LogP contribution in [0.5, 0.6) is 0 Å². The maximum absolute atomic E-state index is 2.82. The SMILES string of the molecule is C1=CC2(CC1)CCCC21CCCC12CCCC21CCCC12CCCC21CCCC1. The molecule has 0 radical (unpaired) electrons. The molecular weight excluding hydrogens is 348 g/mol. The Morgan fingerprint density at radius 1 is 0.379 bits per heavy atom. The normalized spacial score (nSPS) is 54.9. The van der Waals surface area contributed by atoms with Gasteiger partial charge in [0.15, 0.2) is 0 Å². The Morgan fingerprint density at radius 3 is 1.48 bits per heavy atom. The van der Waals surface area contributed by atoms with Crippen molar-refractivity contribution >= 4 is 0 Å². The lowest BCUT2D eigenvalue weighted by Crippen LogP contribution is -2.59. The molecule has 29 heavy (non-hydrogen) atoms. The summed E-state index contributed by atoms with van der Waals surface area (Å²) in [5, 5.41) is 0. The van der Waals surface area contributed by atoms with Crippen LogP contribution in [0, 0.1) is 32.5 Å². The van der Waals surface area contributed by atoms with Gasteiger partial charge in [0, 0.05) is 0 Å². The molecule has 0 nitrogen and oxygen atoms in total. The molecule has 0 heterocycles. The standard InChI is InChI=1S/C29H44/c1-2-11-24(10-1)14-5-16-26(24)18-7-20-28(26)22-9-23-29(28)21-8-19-27(29)17-6-15-25(27)12-3-4-13-25/h1,10H,2-9,11-23H2. The molecule has 0 saturated heterocycles. The predicted octanol–water partition coefficient (Wildman–Crippen LogP) is 8.75. The molecule has 5 unspecified atom stereocenters. The van der Waals surface area contributed by atoms with E-state index in [0.29, 0.717) is 10.8 Å². The van der Waals surface area contributed by atoms with E-state index in [1.165, 1.54) is 12.8 Å². The van der Waals surface area contributed by atoms with Crippen molar-refractivity contribution < 1.29 is 0 Å². The quantitative estimate of drug-likeness (QED) is 0.361. The molecule has 6 spiro atoms. The molecule has 7 aliphatic carbocycles. The van der Waals surface area contributed by atoms with Gasteiger partial charge in [0.1, 0.15) is 0 Å². The Labute approximate surface area is 179 Å². The van der Waals surface area contributed by atoms with E-state index in [1.807, 2.05) is 0 Å². The number of hydrogen-bond acceptors (Lipinski definition) is 0. The molecule has 0 aliphatic heterocycles. The Bertz CT molecular complexity index is 705. The monoisotopic (exact) mass is 392 g/mol. The van der Waals surface area contributed by atoms with E-state index in [4.69, 9.17) is 0 Å². The average Bonchev–Trinajstić information content (AvgIpc) is 3.55. The van der Waals surface area contributed by atoms with Crippen LogP contribution >= 0.6 is 0 Å². The fraction of sp³-hybridized carbons (Fsp3) is 0.931. The second-order valence-corrected chi connectivity index (χ2v) is 13.2. The molecule has 0 aromatic heterocycles. The summed E-state index contributed by atoms with van der Waals surface area (Å²) < 4.78 is 0. The lowest BCUT2D eigenvalue weighted by Gasteiger charge is -2.65. The highest BCUT2D eigenvalue weighted by Gasteiger charge is 2.80. The van der Waals surface area contributed by atoms with E-state index in [-0.39, 0.29) is 0 Å². The van der Waals surface area contributed by atoms with E-state index in [2.05, 4.69) is 12.2 Å². The Kier molecular flexibility index (Phi) is 3.63. The molecule has 0 aromatic rings. The smallest absolute Gasteiger partial charge is 0.00534 e. The second kappa shape index (κ2) is 5.75. The highest BCUT2D eigenvalue weighted by molar-refractivity contribution is 5.31. The van der Waals surface area contributed by atoms with Crippen LogP contribution in [0.1, 0.15) is 135 Å². The molecule has 0 amide bonds. The van der Waals surface area contributed by atoms with Gasteiger partial charge in [-0.25, -0.2) is 0 Å². The van der Waals surface area contributed by atoms with Gasteiger partial charge in [-0.3, -0.25) is 0 Å². The van der Waals surface area contributed by atoms with Crippen molar-refractivity contribution in [2.75, 3.05) is 0 Å². The zero-order valence-electron chi connectivity index (χ0n) is 19.0. The molecule has 0 heteroatoms.